The van der Waals surface area contributed by atoms with Crippen molar-refractivity contribution >= 4 is 24.6 Å². The van der Waals surface area contributed by atoms with Crippen LogP contribution in [0.2, 0.25) is 0 Å². The van der Waals surface area contributed by atoms with Gasteiger partial charge in [-0.2, -0.15) is 11.6 Å². The third kappa shape index (κ3) is 1.64. The lowest BCUT2D eigenvalue weighted by Crippen LogP contribution is -1.95. The number of aryl methyl sites for hydroxylation is 1. The Bertz CT molecular complexity index is 220. The molecule has 0 saturated carbocycles. The molecule has 5 heteroatoms. The van der Waals surface area contributed by atoms with E-state index in [2.05, 4.69) is 9.97 Å². The fourth-order valence-electron chi connectivity index (χ4n) is 0.618. The Hall–Kier alpha value is -0.705. The molecular weight excluding hydrogens is 145 g/mol. The quantitative estimate of drug-likeness (QED) is 0.470. The van der Waals surface area contributed by atoms with Gasteiger partial charge in [-0.1, -0.05) is 0 Å². The summed E-state index contributed by atoms with van der Waals surface area (Å²) in [5.41, 5.74) is 6.25. The number of nitrogen functional groups attached to an aromatic ring is 1. The highest BCUT2D eigenvalue weighted by molar-refractivity contribution is 8.19. The molecule has 0 aliphatic carbocycles. The summed E-state index contributed by atoms with van der Waals surface area (Å²) in [6.07, 6.45) is 0. The molecule has 0 atom stereocenters. The van der Waals surface area contributed by atoms with E-state index >= 15 is 0 Å². The normalized spacial score (nSPS) is 9.70. The average Bonchev–Trinajstić information content (AvgIpc) is 1.85. The van der Waals surface area contributed by atoms with E-state index in [1.807, 2.05) is 6.92 Å². The van der Waals surface area contributed by atoms with Crippen LogP contribution in [0.25, 0.3) is 0 Å². The predicted octanol–water partition coefficient (Wildman–Crippen LogP) is 0.543. The van der Waals surface area contributed by atoms with Crippen molar-refractivity contribution in [2.75, 3.05) is 5.73 Å². The van der Waals surface area contributed by atoms with E-state index in [0.717, 1.165) is 17.3 Å². The standard InChI is InChI=1S/C5H6BN3S/c1-3-2-4(7)9-5(8-3)10-6/h2H,1H3,(H2,7,8,9). The molecule has 0 bridgehead atoms. The Morgan fingerprint density at radius 1 is 1.60 bits per heavy atom. The summed E-state index contributed by atoms with van der Waals surface area (Å²) in [4.78, 5) is 7.86. The number of anilines is 1. The van der Waals surface area contributed by atoms with Gasteiger partial charge in [0.2, 0.25) is 0 Å². The lowest BCUT2D eigenvalue weighted by molar-refractivity contribution is 0.946. The Kier molecular flexibility index (Phi) is 2.16. The van der Waals surface area contributed by atoms with Crippen molar-refractivity contribution in [1.29, 1.82) is 0 Å². The number of rotatable bonds is 1. The van der Waals surface area contributed by atoms with Gasteiger partial charge in [0.1, 0.15) is 5.82 Å². The number of hydrogen-bond acceptors (Lipinski definition) is 4. The van der Waals surface area contributed by atoms with Gasteiger partial charge in [0.25, 0.3) is 0 Å². The van der Waals surface area contributed by atoms with Crippen molar-refractivity contribution in [3.63, 3.8) is 0 Å². The van der Waals surface area contributed by atoms with Crippen molar-refractivity contribution in [2.45, 2.75) is 12.1 Å². The molecule has 2 radical (unpaired) electrons. The van der Waals surface area contributed by atoms with Crippen LogP contribution in [0.5, 0.6) is 0 Å². The highest BCUT2D eigenvalue weighted by Gasteiger charge is 1.95. The second-order valence-corrected chi connectivity index (χ2v) is 2.44. The van der Waals surface area contributed by atoms with E-state index in [-0.39, 0.29) is 0 Å². The third-order valence-corrected chi connectivity index (χ3v) is 1.35. The van der Waals surface area contributed by atoms with Gasteiger partial charge in [0.05, 0.1) is 0 Å². The Labute approximate surface area is 64.7 Å². The van der Waals surface area contributed by atoms with Crippen LogP contribution in [0, 0.1) is 6.92 Å². The topological polar surface area (TPSA) is 51.8 Å². The molecule has 0 spiro atoms. The summed E-state index contributed by atoms with van der Waals surface area (Å²) in [5.74, 6) is 0.459. The van der Waals surface area contributed by atoms with Crippen molar-refractivity contribution < 1.29 is 0 Å². The molecule has 50 valence electrons. The van der Waals surface area contributed by atoms with Gasteiger partial charge in [-0.05, 0) is 6.92 Å². The second-order valence-electron chi connectivity index (χ2n) is 1.83. The van der Waals surface area contributed by atoms with E-state index in [1.54, 1.807) is 6.07 Å². The molecule has 1 aromatic rings. The zero-order valence-electron chi connectivity index (χ0n) is 5.53. The molecule has 1 heterocycles. The van der Waals surface area contributed by atoms with E-state index in [9.17, 15) is 0 Å². The molecule has 2 N–H and O–H groups in total. The van der Waals surface area contributed by atoms with Crippen LogP contribution < -0.4 is 5.73 Å². The highest BCUT2D eigenvalue weighted by Crippen LogP contribution is 2.09. The molecule has 0 aromatic carbocycles. The van der Waals surface area contributed by atoms with Crippen molar-refractivity contribution in [2.24, 2.45) is 0 Å². The van der Waals surface area contributed by atoms with Gasteiger partial charge in [-0.15, -0.1) is 0 Å². The van der Waals surface area contributed by atoms with Crippen molar-refractivity contribution in [3.8, 4) is 0 Å². The summed E-state index contributed by atoms with van der Waals surface area (Å²) in [6.45, 7) is 1.84. The molecule has 10 heavy (non-hydrogen) atoms. The smallest absolute Gasteiger partial charge is 0.177 e. The highest BCUT2D eigenvalue weighted by atomic mass is 32.2. The van der Waals surface area contributed by atoms with Gasteiger partial charge < -0.3 is 5.73 Å². The minimum atomic E-state index is 0.459. The van der Waals surface area contributed by atoms with Gasteiger partial charge in [-0.3, -0.25) is 0 Å². The SMILES string of the molecule is [B]Sc1nc(C)cc(N)n1. The zero-order chi connectivity index (χ0) is 7.56. The van der Waals surface area contributed by atoms with E-state index < -0.39 is 0 Å². The summed E-state index contributed by atoms with van der Waals surface area (Å²) < 4.78 is 0. The Morgan fingerprint density at radius 3 is 2.80 bits per heavy atom. The molecule has 0 aliphatic rings. The zero-order valence-corrected chi connectivity index (χ0v) is 6.35. The van der Waals surface area contributed by atoms with Gasteiger partial charge in [0, 0.05) is 11.8 Å². The number of nitrogens with two attached hydrogens (primary N) is 1. The van der Waals surface area contributed by atoms with E-state index in [1.165, 1.54) is 0 Å². The van der Waals surface area contributed by atoms with Crippen LogP contribution in [-0.2, 0) is 0 Å². The number of aromatic nitrogens is 2. The molecule has 3 nitrogen and oxygen atoms in total. The molecule has 1 aromatic heterocycles. The van der Waals surface area contributed by atoms with Gasteiger partial charge in [-0.25, -0.2) is 9.97 Å². The maximum Gasteiger partial charge on any atom is 0.177 e. The molecule has 0 amide bonds. The Balaban J connectivity index is 3.06. The Morgan fingerprint density at radius 2 is 2.30 bits per heavy atom. The minimum Gasteiger partial charge on any atom is -0.384 e. The summed E-state index contributed by atoms with van der Waals surface area (Å²) in [5, 5.41) is 0.512. The summed E-state index contributed by atoms with van der Waals surface area (Å²) in [7, 11) is 5.22. The van der Waals surface area contributed by atoms with E-state index in [0.29, 0.717) is 11.0 Å². The van der Waals surface area contributed by atoms with Crippen LogP contribution in [0.4, 0.5) is 5.82 Å². The largest absolute Gasteiger partial charge is 0.384 e. The van der Waals surface area contributed by atoms with Crippen molar-refractivity contribution in [1.82, 2.24) is 9.97 Å². The first-order valence-electron chi connectivity index (χ1n) is 2.70. The monoisotopic (exact) mass is 151 g/mol. The number of nitrogens with zero attached hydrogens (tertiary/aromatic N) is 2. The van der Waals surface area contributed by atoms with Gasteiger partial charge in [0.15, 0.2) is 12.3 Å². The van der Waals surface area contributed by atoms with Gasteiger partial charge >= 0.3 is 0 Å². The van der Waals surface area contributed by atoms with E-state index in [4.69, 9.17) is 12.9 Å². The molecule has 0 unspecified atom stereocenters. The van der Waals surface area contributed by atoms with Crippen LogP contribution >= 0.6 is 11.6 Å². The average molecular weight is 151 g/mol. The third-order valence-electron chi connectivity index (χ3n) is 0.959. The lowest BCUT2D eigenvalue weighted by atomic mass is 10.4. The molecule has 0 saturated heterocycles. The fourth-order valence-corrected chi connectivity index (χ4v) is 0.972. The minimum absolute atomic E-state index is 0.459. The van der Waals surface area contributed by atoms with Crippen LogP contribution in [0.3, 0.4) is 0 Å². The molecule has 1 rings (SSSR count). The molecule has 0 fully saturated rings. The maximum atomic E-state index is 5.42. The van der Waals surface area contributed by atoms with Crippen LogP contribution in [0.15, 0.2) is 11.2 Å². The molecule has 0 aliphatic heterocycles. The molecular formula is C5H6BN3S. The summed E-state index contributed by atoms with van der Waals surface area (Å²) >= 11 is 0.995. The maximum absolute atomic E-state index is 5.42. The second kappa shape index (κ2) is 2.92. The lowest BCUT2D eigenvalue weighted by Gasteiger charge is -1.97. The van der Waals surface area contributed by atoms with Crippen LogP contribution in [-0.4, -0.2) is 17.1 Å². The summed E-state index contributed by atoms with van der Waals surface area (Å²) in [6, 6.07) is 1.69. The fraction of sp³-hybridized carbons (Fsp3) is 0.200. The van der Waals surface area contributed by atoms with Crippen molar-refractivity contribution in [3.05, 3.63) is 11.8 Å². The number of hydrogen-bond donors (Lipinski definition) is 1. The predicted molar refractivity (Wildman–Crippen MR) is 42.8 cm³/mol. The van der Waals surface area contributed by atoms with Crippen LogP contribution in [0.1, 0.15) is 5.69 Å². The first-order valence-corrected chi connectivity index (χ1v) is 3.58. The first kappa shape index (κ1) is 7.40. The first-order chi connectivity index (χ1) is 4.72.